The van der Waals surface area contributed by atoms with Crippen molar-refractivity contribution < 1.29 is 15.0 Å². The third kappa shape index (κ3) is 3.21. The molecule has 1 aromatic rings. The van der Waals surface area contributed by atoms with E-state index in [9.17, 15) is 9.90 Å². The van der Waals surface area contributed by atoms with Crippen LogP contribution >= 0.6 is 15.9 Å². The zero-order valence-corrected chi connectivity index (χ0v) is 9.57. The molecule has 0 aromatic heterocycles. The number of hydrogen-bond donors (Lipinski definition) is 3. The van der Waals surface area contributed by atoms with Crippen molar-refractivity contribution in [1.29, 1.82) is 0 Å². The van der Waals surface area contributed by atoms with Crippen LogP contribution in [0.1, 0.15) is 17.9 Å². The lowest BCUT2D eigenvalue weighted by atomic mass is 9.95. The van der Waals surface area contributed by atoms with Crippen molar-refractivity contribution in [3.8, 4) is 5.75 Å². The zero-order chi connectivity index (χ0) is 11.4. The molecule has 0 heterocycles. The van der Waals surface area contributed by atoms with E-state index in [4.69, 9.17) is 10.8 Å². The van der Waals surface area contributed by atoms with E-state index in [-0.39, 0.29) is 24.6 Å². The Morgan fingerprint density at radius 1 is 1.53 bits per heavy atom. The number of aliphatic carboxylic acids is 1. The summed E-state index contributed by atoms with van der Waals surface area (Å²) in [5, 5.41) is 18.3. The highest BCUT2D eigenvalue weighted by molar-refractivity contribution is 9.10. The number of carbonyl (C=O) groups is 1. The molecule has 0 amide bonds. The Balaban J connectivity index is 3.00. The fourth-order valence-electron chi connectivity index (χ4n) is 1.38. The van der Waals surface area contributed by atoms with E-state index in [1.165, 1.54) is 6.07 Å². The van der Waals surface area contributed by atoms with E-state index < -0.39 is 5.97 Å². The number of phenols is 1. The Kier molecular flexibility index (Phi) is 4.11. The van der Waals surface area contributed by atoms with E-state index in [1.54, 1.807) is 12.1 Å². The number of carboxylic acid groups (broad SMARTS) is 1. The number of nitrogens with two attached hydrogens (primary N) is 1. The minimum absolute atomic E-state index is 0.0786. The fraction of sp³-hybridized carbons (Fsp3) is 0.300. The molecule has 15 heavy (non-hydrogen) atoms. The minimum Gasteiger partial charge on any atom is -0.508 e. The molecule has 1 unspecified atom stereocenters. The summed E-state index contributed by atoms with van der Waals surface area (Å²) in [5.41, 5.74) is 6.05. The molecule has 1 rings (SSSR count). The molecule has 4 nitrogen and oxygen atoms in total. The first-order valence-corrected chi connectivity index (χ1v) is 5.24. The van der Waals surface area contributed by atoms with Crippen LogP contribution in [0.4, 0.5) is 0 Å². The molecule has 4 N–H and O–H groups in total. The van der Waals surface area contributed by atoms with Gasteiger partial charge in [0.2, 0.25) is 0 Å². The monoisotopic (exact) mass is 273 g/mol. The Labute approximate surface area is 95.8 Å². The van der Waals surface area contributed by atoms with Crippen LogP contribution in [0.25, 0.3) is 0 Å². The van der Waals surface area contributed by atoms with E-state index in [0.29, 0.717) is 5.56 Å². The van der Waals surface area contributed by atoms with Gasteiger partial charge in [-0.05, 0) is 30.3 Å². The Hall–Kier alpha value is -1.07. The highest BCUT2D eigenvalue weighted by Crippen LogP contribution is 2.30. The lowest BCUT2D eigenvalue weighted by molar-refractivity contribution is -0.137. The summed E-state index contributed by atoms with van der Waals surface area (Å²) < 4.78 is 0.791. The van der Waals surface area contributed by atoms with Crippen LogP contribution in [0.2, 0.25) is 0 Å². The van der Waals surface area contributed by atoms with Gasteiger partial charge in [-0.3, -0.25) is 4.79 Å². The van der Waals surface area contributed by atoms with Gasteiger partial charge in [-0.25, -0.2) is 0 Å². The normalized spacial score (nSPS) is 12.4. The maximum absolute atomic E-state index is 10.6. The molecule has 0 aliphatic rings. The van der Waals surface area contributed by atoms with Gasteiger partial charge in [0.25, 0.3) is 0 Å². The first-order valence-electron chi connectivity index (χ1n) is 4.45. The van der Waals surface area contributed by atoms with Crippen molar-refractivity contribution in [2.45, 2.75) is 12.3 Å². The summed E-state index contributed by atoms with van der Waals surface area (Å²) in [4.78, 5) is 10.6. The summed E-state index contributed by atoms with van der Waals surface area (Å²) in [6.07, 6.45) is -0.0828. The van der Waals surface area contributed by atoms with Crippen LogP contribution in [0.5, 0.6) is 5.75 Å². The topological polar surface area (TPSA) is 83.6 Å². The van der Waals surface area contributed by atoms with Gasteiger partial charge < -0.3 is 15.9 Å². The first kappa shape index (κ1) is 12.0. The van der Waals surface area contributed by atoms with E-state index in [0.717, 1.165) is 4.47 Å². The molecule has 0 aliphatic carbocycles. The van der Waals surface area contributed by atoms with Gasteiger partial charge in [0.1, 0.15) is 5.75 Å². The van der Waals surface area contributed by atoms with Crippen molar-refractivity contribution in [3.05, 3.63) is 28.2 Å². The molecule has 82 valence electrons. The van der Waals surface area contributed by atoms with Crippen LogP contribution in [-0.2, 0) is 4.79 Å². The molecular weight excluding hydrogens is 262 g/mol. The highest BCUT2D eigenvalue weighted by Gasteiger charge is 2.17. The second-order valence-electron chi connectivity index (χ2n) is 3.23. The van der Waals surface area contributed by atoms with Crippen LogP contribution in [0, 0.1) is 0 Å². The molecule has 5 heteroatoms. The molecule has 0 fully saturated rings. The maximum Gasteiger partial charge on any atom is 0.304 e. The lowest BCUT2D eigenvalue weighted by Gasteiger charge is -2.14. The van der Waals surface area contributed by atoms with Crippen molar-refractivity contribution in [2.75, 3.05) is 6.54 Å². The van der Waals surface area contributed by atoms with Crippen LogP contribution in [0.3, 0.4) is 0 Å². The summed E-state index contributed by atoms with van der Waals surface area (Å²) in [7, 11) is 0. The van der Waals surface area contributed by atoms with Crippen molar-refractivity contribution >= 4 is 21.9 Å². The standard InChI is InChI=1S/C10H12BrNO3/c11-7-1-2-9(13)8(4-7)6(5-12)3-10(14)15/h1-2,4,6,13H,3,5,12H2,(H,14,15). The molecule has 0 spiro atoms. The van der Waals surface area contributed by atoms with E-state index in [1.807, 2.05) is 0 Å². The number of benzene rings is 1. The molecule has 1 aromatic carbocycles. The molecule has 0 bridgehead atoms. The second kappa shape index (κ2) is 5.14. The summed E-state index contributed by atoms with van der Waals surface area (Å²) >= 11 is 3.26. The predicted molar refractivity (Wildman–Crippen MR) is 59.9 cm³/mol. The number of halogens is 1. The van der Waals surface area contributed by atoms with Gasteiger partial charge >= 0.3 is 5.97 Å². The molecular formula is C10H12BrNO3. The van der Waals surface area contributed by atoms with E-state index >= 15 is 0 Å². The quantitative estimate of drug-likeness (QED) is 0.779. The average molecular weight is 274 g/mol. The zero-order valence-electron chi connectivity index (χ0n) is 7.98. The van der Waals surface area contributed by atoms with Gasteiger partial charge in [-0.15, -0.1) is 0 Å². The third-order valence-electron chi connectivity index (χ3n) is 2.13. The molecule has 0 saturated carbocycles. The number of phenolic OH excluding ortho intramolecular Hbond substituents is 1. The van der Waals surface area contributed by atoms with Gasteiger partial charge in [-0.2, -0.15) is 0 Å². The summed E-state index contributed by atoms with van der Waals surface area (Å²) in [5.74, 6) is -1.21. The number of rotatable bonds is 4. The van der Waals surface area contributed by atoms with Crippen molar-refractivity contribution in [1.82, 2.24) is 0 Å². The fourth-order valence-corrected chi connectivity index (χ4v) is 1.76. The SMILES string of the molecule is NCC(CC(=O)O)c1cc(Br)ccc1O. The Bertz CT molecular complexity index is 368. The second-order valence-corrected chi connectivity index (χ2v) is 4.15. The van der Waals surface area contributed by atoms with Crippen LogP contribution in [0.15, 0.2) is 22.7 Å². The number of carboxylic acids is 1. The predicted octanol–water partition coefficient (Wildman–Crippen LogP) is 1.67. The minimum atomic E-state index is -0.926. The first-order chi connectivity index (χ1) is 7.04. The maximum atomic E-state index is 10.6. The highest BCUT2D eigenvalue weighted by atomic mass is 79.9. The van der Waals surface area contributed by atoms with Crippen LogP contribution < -0.4 is 5.73 Å². The Morgan fingerprint density at radius 2 is 2.20 bits per heavy atom. The van der Waals surface area contributed by atoms with Gasteiger partial charge in [0, 0.05) is 10.4 Å². The van der Waals surface area contributed by atoms with E-state index in [2.05, 4.69) is 15.9 Å². The van der Waals surface area contributed by atoms with Crippen molar-refractivity contribution in [2.24, 2.45) is 5.73 Å². The number of hydrogen-bond acceptors (Lipinski definition) is 3. The Morgan fingerprint density at radius 3 is 2.73 bits per heavy atom. The lowest BCUT2D eigenvalue weighted by Crippen LogP contribution is -2.16. The number of aromatic hydroxyl groups is 1. The summed E-state index contributed by atoms with van der Waals surface area (Å²) in [6.45, 7) is 0.191. The third-order valence-corrected chi connectivity index (χ3v) is 2.63. The largest absolute Gasteiger partial charge is 0.508 e. The molecule has 0 saturated heterocycles. The average Bonchev–Trinajstić information content (AvgIpc) is 2.18. The van der Waals surface area contributed by atoms with Crippen LogP contribution in [-0.4, -0.2) is 22.7 Å². The molecule has 0 radical (unpaired) electrons. The molecule has 1 atom stereocenters. The smallest absolute Gasteiger partial charge is 0.304 e. The van der Waals surface area contributed by atoms with Gasteiger partial charge in [0.05, 0.1) is 6.42 Å². The van der Waals surface area contributed by atoms with Gasteiger partial charge in [-0.1, -0.05) is 15.9 Å². The molecule has 0 aliphatic heterocycles. The van der Waals surface area contributed by atoms with Gasteiger partial charge in [0.15, 0.2) is 0 Å². The summed E-state index contributed by atoms with van der Waals surface area (Å²) in [6, 6.07) is 4.90. The van der Waals surface area contributed by atoms with Crippen molar-refractivity contribution in [3.63, 3.8) is 0 Å².